The summed E-state index contributed by atoms with van der Waals surface area (Å²) in [5, 5.41) is 14.6. The second-order valence-corrected chi connectivity index (χ2v) is 15.3. The Kier molecular flexibility index (Phi) is 8.61. The first-order valence-corrected chi connectivity index (χ1v) is 14.3. The van der Waals surface area contributed by atoms with Gasteiger partial charge in [-0.15, -0.1) is 0 Å². The van der Waals surface area contributed by atoms with Crippen LogP contribution >= 0.6 is 0 Å². The lowest BCUT2D eigenvalue weighted by molar-refractivity contribution is -0.142. The van der Waals surface area contributed by atoms with Crippen molar-refractivity contribution in [2.24, 2.45) is 0 Å². The smallest absolute Gasteiger partial charge is 0.408 e. The van der Waals surface area contributed by atoms with Gasteiger partial charge in [-0.3, -0.25) is 0 Å². The Labute approximate surface area is 220 Å². The van der Waals surface area contributed by atoms with E-state index >= 15 is 0 Å². The molecular weight excluding hydrogens is 482 g/mol. The third-order valence-corrected chi connectivity index (χ3v) is 11.1. The lowest BCUT2D eigenvalue weighted by Gasteiger charge is -2.46. The van der Waals surface area contributed by atoms with E-state index in [0.29, 0.717) is 5.56 Å². The molecule has 0 aromatic heterocycles. The van der Waals surface area contributed by atoms with Gasteiger partial charge in [-0.25, -0.2) is 9.59 Å². The summed E-state index contributed by atoms with van der Waals surface area (Å²) in [6, 6.07) is 27.8. The van der Waals surface area contributed by atoms with Gasteiger partial charge < -0.3 is 19.6 Å². The predicted octanol–water partition coefficient (Wildman–Crippen LogP) is 5.28. The van der Waals surface area contributed by atoms with Crippen LogP contribution in [0.5, 0.6) is 0 Å². The molecule has 0 fully saturated rings. The van der Waals surface area contributed by atoms with E-state index in [0.717, 1.165) is 10.4 Å². The summed E-state index contributed by atoms with van der Waals surface area (Å²) in [4.78, 5) is 25.5. The van der Waals surface area contributed by atoms with Gasteiger partial charge in [0.15, 0.2) is 6.04 Å². The SMILES string of the molecule is CC(C)(C)OC(=O)N[C@@H](C(=O)O)[C@@H](O[Si](c1ccccc1)(c1ccccc1)C(C)(C)C)c1ccccc1. The number of alkyl carbamates (subject to hydrolysis) is 1. The average Bonchev–Trinajstić information content (AvgIpc) is 2.83. The molecule has 6 nitrogen and oxygen atoms in total. The van der Waals surface area contributed by atoms with Gasteiger partial charge in [-0.1, -0.05) is 112 Å². The molecule has 0 spiro atoms. The molecule has 196 valence electrons. The molecule has 0 bridgehead atoms. The van der Waals surface area contributed by atoms with Crippen LogP contribution in [0.25, 0.3) is 0 Å². The van der Waals surface area contributed by atoms with E-state index in [1.165, 1.54) is 0 Å². The van der Waals surface area contributed by atoms with Crippen LogP contribution in [-0.4, -0.2) is 37.1 Å². The zero-order valence-electron chi connectivity index (χ0n) is 22.4. The Bertz CT molecular complexity index is 1130. The van der Waals surface area contributed by atoms with Crippen molar-refractivity contribution in [1.82, 2.24) is 5.32 Å². The summed E-state index contributed by atoms with van der Waals surface area (Å²) < 4.78 is 12.6. The molecule has 0 radical (unpaired) electrons. The van der Waals surface area contributed by atoms with Crippen LogP contribution in [0.3, 0.4) is 0 Å². The van der Waals surface area contributed by atoms with Gasteiger partial charge in [-0.2, -0.15) is 0 Å². The summed E-state index contributed by atoms with van der Waals surface area (Å²) in [5.74, 6) is -1.21. The van der Waals surface area contributed by atoms with Crippen LogP contribution in [0.2, 0.25) is 5.04 Å². The number of ether oxygens (including phenoxy) is 1. The number of carboxylic acid groups (broad SMARTS) is 1. The van der Waals surface area contributed by atoms with Gasteiger partial charge in [0.25, 0.3) is 8.32 Å². The predicted molar refractivity (Wildman–Crippen MR) is 149 cm³/mol. The van der Waals surface area contributed by atoms with Crippen molar-refractivity contribution in [3.8, 4) is 0 Å². The number of carboxylic acids is 1. The molecule has 0 aliphatic rings. The van der Waals surface area contributed by atoms with Crippen molar-refractivity contribution in [3.05, 3.63) is 96.6 Å². The number of nitrogens with one attached hydrogen (secondary N) is 1. The first-order valence-electron chi connectivity index (χ1n) is 12.4. The molecule has 1 amide bonds. The Morgan fingerprint density at radius 1 is 0.757 bits per heavy atom. The van der Waals surface area contributed by atoms with Gasteiger partial charge in [-0.05, 0) is 41.7 Å². The van der Waals surface area contributed by atoms with Gasteiger partial charge in [0.1, 0.15) is 11.7 Å². The molecule has 0 aliphatic heterocycles. The zero-order valence-corrected chi connectivity index (χ0v) is 23.4. The number of hydrogen-bond donors (Lipinski definition) is 2. The number of benzene rings is 3. The van der Waals surface area contributed by atoms with Gasteiger partial charge in [0.05, 0.1) is 0 Å². The van der Waals surface area contributed by atoms with Crippen molar-refractivity contribution in [2.45, 2.75) is 64.3 Å². The molecule has 0 saturated carbocycles. The minimum Gasteiger partial charge on any atom is -0.480 e. The van der Waals surface area contributed by atoms with E-state index in [9.17, 15) is 14.7 Å². The largest absolute Gasteiger partial charge is 0.480 e. The van der Waals surface area contributed by atoms with Crippen molar-refractivity contribution in [1.29, 1.82) is 0 Å². The topological polar surface area (TPSA) is 84.9 Å². The molecule has 0 heterocycles. The number of rotatable bonds is 8. The summed E-state index contributed by atoms with van der Waals surface area (Å²) in [6.07, 6.45) is -1.80. The number of amides is 1. The fraction of sp³-hybridized carbons (Fsp3) is 0.333. The highest BCUT2D eigenvalue weighted by Crippen LogP contribution is 2.40. The summed E-state index contributed by atoms with van der Waals surface area (Å²) in [5.41, 5.74) is -0.132. The van der Waals surface area contributed by atoms with Gasteiger partial charge in [0, 0.05) is 0 Å². The standard InChI is InChI=1S/C30H37NO5Si/c1-29(2,3)35-28(34)31-25(27(32)33)26(22-16-10-7-11-17-22)36-37(30(4,5)6,23-18-12-8-13-19-23)24-20-14-9-15-21-24/h7-21,25-26H,1-6H3,(H,31,34)(H,32,33)/t25-,26+/m1/s1. The maximum atomic E-state index is 12.8. The Morgan fingerprint density at radius 2 is 1.19 bits per heavy atom. The quantitative estimate of drug-likeness (QED) is 0.396. The van der Waals surface area contributed by atoms with Crippen molar-refractivity contribution in [2.75, 3.05) is 0 Å². The van der Waals surface area contributed by atoms with Crippen molar-refractivity contribution in [3.63, 3.8) is 0 Å². The summed E-state index contributed by atoms with van der Waals surface area (Å²) >= 11 is 0. The highest BCUT2D eigenvalue weighted by atomic mass is 28.4. The third kappa shape index (κ3) is 6.67. The first kappa shape index (κ1) is 28.2. The lowest BCUT2D eigenvalue weighted by Crippen LogP contribution is -2.68. The molecule has 37 heavy (non-hydrogen) atoms. The Balaban J connectivity index is 2.23. The number of carbonyl (C=O) groups is 2. The van der Waals surface area contributed by atoms with E-state index < -0.39 is 43.2 Å². The van der Waals surface area contributed by atoms with Crippen LogP contribution in [0.15, 0.2) is 91.0 Å². The molecule has 0 aliphatic carbocycles. The molecule has 0 unspecified atom stereocenters. The van der Waals surface area contributed by atoms with Gasteiger partial charge in [0.2, 0.25) is 0 Å². The Morgan fingerprint density at radius 3 is 1.57 bits per heavy atom. The second-order valence-electron chi connectivity index (χ2n) is 11.1. The van der Waals surface area contributed by atoms with E-state index in [1.54, 1.807) is 20.8 Å². The molecule has 2 N–H and O–H groups in total. The highest BCUT2D eigenvalue weighted by Gasteiger charge is 2.53. The molecular formula is C30H37NO5Si. The van der Waals surface area contributed by atoms with Crippen molar-refractivity contribution < 1.29 is 23.9 Å². The molecule has 2 atom stereocenters. The maximum Gasteiger partial charge on any atom is 0.408 e. The van der Waals surface area contributed by atoms with E-state index in [-0.39, 0.29) is 0 Å². The summed E-state index contributed by atoms with van der Waals surface area (Å²) in [7, 11) is -3.16. The number of carbonyl (C=O) groups excluding carboxylic acids is 1. The maximum absolute atomic E-state index is 12.8. The van der Waals surface area contributed by atoms with Crippen LogP contribution in [0.1, 0.15) is 53.2 Å². The number of aliphatic carboxylic acids is 1. The van der Waals surface area contributed by atoms with Gasteiger partial charge >= 0.3 is 12.1 Å². The highest BCUT2D eigenvalue weighted by molar-refractivity contribution is 6.99. The number of hydrogen-bond acceptors (Lipinski definition) is 4. The lowest BCUT2D eigenvalue weighted by atomic mass is 10.0. The minimum absolute atomic E-state index is 0.391. The molecule has 7 heteroatoms. The van der Waals surface area contributed by atoms with Crippen LogP contribution < -0.4 is 15.7 Å². The normalized spacial score (nSPS) is 13.9. The van der Waals surface area contributed by atoms with Crippen LogP contribution in [-0.2, 0) is 14.0 Å². The molecule has 3 aromatic carbocycles. The summed E-state index contributed by atoms with van der Waals surface area (Å²) in [6.45, 7) is 11.6. The third-order valence-electron chi connectivity index (χ3n) is 6.09. The Hall–Kier alpha value is -3.42. The second kappa shape index (κ2) is 11.3. The molecule has 0 saturated heterocycles. The fourth-order valence-electron chi connectivity index (χ4n) is 4.55. The van der Waals surface area contributed by atoms with Crippen molar-refractivity contribution >= 4 is 30.8 Å². The molecule has 3 rings (SSSR count). The van der Waals surface area contributed by atoms with E-state index in [2.05, 4.69) is 26.1 Å². The van der Waals surface area contributed by atoms with E-state index in [4.69, 9.17) is 9.16 Å². The average molecular weight is 520 g/mol. The van der Waals surface area contributed by atoms with Crippen LogP contribution in [0, 0.1) is 0 Å². The molecule has 3 aromatic rings. The minimum atomic E-state index is -3.16. The van der Waals surface area contributed by atoms with Crippen LogP contribution in [0.4, 0.5) is 4.79 Å². The fourth-order valence-corrected chi connectivity index (χ4v) is 9.22. The van der Waals surface area contributed by atoms with E-state index in [1.807, 2.05) is 91.0 Å². The first-order chi connectivity index (χ1) is 17.3. The zero-order chi connectivity index (χ0) is 27.3. The monoisotopic (exact) mass is 519 g/mol.